The number of hydrogen-bond donors (Lipinski definition) is 1. The number of aromatic nitrogens is 1. The molecular weight excluding hydrogens is 540 g/mol. The monoisotopic (exact) mass is 562 g/mol. The van der Waals surface area contributed by atoms with E-state index < -0.39 is 17.7 Å². The molecule has 8 nitrogen and oxygen atoms in total. The Kier molecular flexibility index (Phi) is 6.62. The van der Waals surface area contributed by atoms with Crippen molar-refractivity contribution in [2.75, 3.05) is 24.7 Å². The van der Waals surface area contributed by atoms with Crippen LogP contribution in [-0.2, 0) is 9.59 Å². The molecule has 1 fully saturated rings. The Bertz CT molecular complexity index is 1630. The summed E-state index contributed by atoms with van der Waals surface area (Å²) in [6.45, 7) is 3.38. The number of amides is 1. The maximum absolute atomic E-state index is 13.5. The van der Waals surface area contributed by atoms with Crippen LogP contribution in [0.15, 0.2) is 66.2 Å². The van der Waals surface area contributed by atoms with Crippen LogP contribution in [0.3, 0.4) is 0 Å². The van der Waals surface area contributed by atoms with Crippen molar-refractivity contribution in [3.8, 4) is 17.2 Å². The van der Waals surface area contributed by atoms with E-state index >= 15 is 0 Å². The van der Waals surface area contributed by atoms with Crippen LogP contribution in [0.2, 0.25) is 5.02 Å². The van der Waals surface area contributed by atoms with E-state index in [9.17, 15) is 14.7 Å². The first-order chi connectivity index (χ1) is 18.9. The molecule has 0 spiro atoms. The van der Waals surface area contributed by atoms with Crippen LogP contribution in [-0.4, -0.2) is 41.6 Å². The molecule has 2 aliphatic rings. The summed E-state index contributed by atoms with van der Waals surface area (Å²) in [6, 6.07) is 16.4. The van der Waals surface area contributed by atoms with Gasteiger partial charge in [-0.3, -0.25) is 14.5 Å². The first-order valence-electron chi connectivity index (χ1n) is 12.4. The van der Waals surface area contributed by atoms with Crippen molar-refractivity contribution in [2.45, 2.75) is 19.4 Å². The highest BCUT2D eigenvalue weighted by molar-refractivity contribution is 7.22. The summed E-state index contributed by atoms with van der Waals surface area (Å²) < 4.78 is 17.7. The molecule has 4 aromatic rings. The average molecular weight is 563 g/mol. The number of halogens is 1. The van der Waals surface area contributed by atoms with Crippen LogP contribution in [0, 0.1) is 0 Å². The second kappa shape index (κ2) is 10.2. The summed E-state index contributed by atoms with van der Waals surface area (Å²) in [5.74, 6) is -0.235. The van der Waals surface area contributed by atoms with Crippen molar-refractivity contribution in [3.63, 3.8) is 0 Å². The lowest BCUT2D eigenvalue weighted by molar-refractivity contribution is -0.132. The zero-order valence-electron chi connectivity index (χ0n) is 20.8. The van der Waals surface area contributed by atoms with E-state index in [2.05, 4.69) is 4.98 Å². The molecule has 6 rings (SSSR count). The number of ketones is 1. The highest BCUT2D eigenvalue weighted by atomic mass is 35.5. The number of aliphatic hydroxyl groups is 1. The highest BCUT2D eigenvalue weighted by Gasteiger charge is 2.48. The molecular formula is C29H23ClN2O6S. The van der Waals surface area contributed by atoms with Crippen molar-refractivity contribution in [2.24, 2.45) is 0 Å². The normalized spacial score (nSPS) is 18.1. The van der Waals surface area contributed by atoms with Gasteiger partial charge in [-0.2, -0.15) is 0 Å². The molecule has 0 bridgehead atoms. The van der Waals surface area contributed by atoms with Gasteiger partial charge in [0.05, 0.1) is 28.4 Å². The van der Waals surface area contributed by atoms with Gasteiger partial charge in [-0.1, -0.05) is 42.0 Å². The Morgan fingerprint density at radius 2 is 1.85 bits per heavy atom. The highest BCUT2D eigenvalue weighted by Crippen LogP contribution is 2.45. The van der Waals surface area contributed by atoms with Crippen LogP contribution < -0.4 is 19.1 Å². The first-order valence-corrected chi connectivity index (χ1v) is 13.6. The van der Waals surface area contributed by atoms with Crippen LogP contribution in [0.5, 0.6) is 17.2 Å². The molecule has 3 heterocycles. The zero-order valence-corrected chi connectivity index (χ0v) is 22.4. The summed E-state index contributed by atoms with van der Waals surface area (Å²) in [5, 5.41) is 12.3. The van der Waals surface area contributed by atoms with Gasteiger partial charge < -0.3 is 19.3 Å². The fourth-order valence-electron chi connectivity index (χ4n) is 4.65. The number of carbonyl (C=O) groups excluding carboxylic acids is 2. The predicted octanol–water partition coefficient (Wildman–Crippen LogP) is 6.14. The van der Waals surface area contributed by atoms with E-state index in [-0.39, 0.29) is 11.3 Å². The lowest BCUT2D eigenvalue weighted by atomic mass is 9.95. The van der Waals surface area contributed by atoms with Gasteiger partial charge in [0.25, 0.3) is 5.78 Å². The van der Waals surface area contributed by atoms with Crippen LogP contribution in [0.4, 0.5) is 5.13 Å². The van der Waals surface area contributed by atoms with Gasteiger partial charge in [-0.25, -0.2) is 4.98 Å². The number of ether oxygens (including phenoxy) is 3. The standard InChI is InChI=1S/C29H23ClN2O6S/c1-2-11-36-19-7-3-16(4-8-19)25-24(26(33)17-5-10-21-22(14-17)38-13-12-37-21)27(34)28(35)32(25)29-31-20-9-6-18(30)15-23(20)39-29/h3-10,14-15,25,33H,2,11-13H2,1H3/t25-/m0/s1. The van der Waals surface area contributed by atoms with Gasteiger partial charge in [0.2, 0.25) is 0 Å². The van der Waals surface area contributed by atoms with Crippen molar-refractivity contribution in [1.82, 2.24) is 4.98 Å². The van der Waals surface area contributed by atoms with E-state index in [1.54, 1.807) is 60.7 Å². The molecule has 1 atom stereocenters. The van der Waals surface area contributed by atoms with Gasteiger partial charge in [-0.15, -0.1) is 0 Å². The molecule has 0 aliphatic carbocycles. The van der Waals surface area contributed by atoms with Gasteiger partial charge in [0.1, 0.15) is 24.7 Å². The number of nitrogens with zero attached hydrogens (tertiary/aromatic N) is 2. The molecule has 1 N–H and O–H groups in total. The van der Waals surface area contributed by atoms with E-state index in [1.807, 2.05) is 6.92 Å². The minimum absolute atomic E-state index is 0.0452. The first kappa shape index (κ1) is 25.2. The fraction of sp³-hybridized carbons (Fsp3) is 0.207. The number of benzene rings is 3. The predicted molar refractivity (Wildman–Crippen MR) is 149 cm³/mol. The number of Topliss-reactive ketones (excluding diaryl/α,β-unsaturated/α-hetero) is 1. The summed E-state index contributed by atoms with van der Waals surface area (Å²) >= 11 is 7.42. The number of thiazole rings is 1. The van der Waals surface area contributed by atoms with Gasteiger partial charge in [0.15, 0.2) is 16.6 Å². The molecule has 10 heteroatoms. The average Bonchev–Trinajstić information content (AvgIpc) is 3.48. The Labute approximate surface area is 233 Å². The Hall–Kier alpha value is -4.08. The SMILES string of the molecule is CCCOc1ccc([C@H]2C(=C(O)c3ccc4c(c3)OCCO4)C(=O)C(=O)N2c2nc3ccc(Cl)cc3s2)cc1. The molecule has 1 saturated heterocycles. The molecule has 0 radical (unpaired) electrons. The lowest BCUT2D eigenvalue weighted by Crippen LogP contribution is -2.29. The summed E-state index contributed by atoms with van der Waals surface area (Å²) in [6.07, 6.45) is 0.860. The third kappa shape index (κ3) is 4.57. The number of hydrogen-bond acceptors (Lipinski definition) is 8. The molecule has 39 heavy (non-hydrogen) atoms. The van der Waals surface area contributed by atoms with Crippen molar-refractivity contribution in [3.05, 3.63) is 82.4 Å². The molecule has 3 aromatic carbocycles. The largest absolute Gasteiger partial charge is 0.507 e. The molecule has 198 valence electrons. The number of aliphatic hydroxyl groups excluding tert-OH is 1. The van der Waals surface area contributed by atoms with Crippen molar-refractivity contribution in [1.29, 1.82) is 0 Å². The van der Waals surface area contributed by atoms with Crippen LogP contribution in [0.1, 0.15) is 30.5 Å². The minimum Gasteiger partial charge on any atom is -0.507 e. The Balaban J connectivity index is 1.50. The topological polar surface area (TPSA) is 98.2 Å². The minimum atomic E-state index is -0.922. The molecule has 1 amide bonds. The van der Waals surface area contributed by atoms with E-state index in [4.69, 9.17) is 25.8 Å². The Morgan fingerprint density at radius 3 is 2.62 bits per heavy atom. The maximum Gasteiger partial charge on any atom is 0.301 e. The fourth-order valence-corrected chi connectivity index (χ4v) is 5.92. The third-order valence-electron chi connectivity index (χ3n) is 6.47. The van der Waals surface area contributed by atoms with E-state index in [0.29, 0.717) is 63.9 Å². The number of anilines is 1. The molecule has 1 aromatic heterocycles. The Morgan fingerprint density at radius 1 is 1.08 bits per heavy atom. The molecule has 2 aliphatic heterocycles. The second-order valence-corrected chi connectivity index (χ2v) is 10.5. The molecule has 0 unspecified atom stereocenters. The maximum atomic E-state index is 13.5. The van der Waals surface area contributed by atoms with E-state index in [0.717, 1.165) is 11.1 Å². The van der Waals surface area contributed by atoms with Crippen LogP contribution in [0.25, 0.3) is 16.0 Å². The number of rotatable bonds is 6. The van der Waals surface area contributed by atoms with Gasteiger partial charge in [-0.05, 0) is 60.5 Å². The summed E-state index contributed by atoms with van der Waals surface area (Å²) in [4.78, 5) is 33.0. The van der Waals surface area contributed by atoms with Crippen molar-refractivity contribution >= 4 is 55.7 Å². The van der Waals surface area contributed by atoms with E-state index in [1.165, 1.54) is 16.2 Å². The number of carbonyl (C=O) groups is 2. The summed E-state index contributed by atoms with van der Waals surface area (Å²) in [7, 11) is 0. The van der Waals surface area contributed by atoms with Gasteiger partial charge in [0, 0.05) is 10.6 Å². The molecule has 0 saturated carbocycles. The summed E-state index contributed by atoms with van der Waals surface area (Å²) in [5.41, 5.74) is 1.56. The van der Waals surface area contributed by atoms with Gasteiger partial charge >= 0.3 is 5.91 Å². The number of fused-ring (bicyclic) bond motifs is 2. The third-order valence-corrected chi connectivity index (χ3v) is 7.73. The second-order valence-electron chi connectivity index (χ2n) is 9.05. The van der Waals surface area contributed by atoms with Crippen molar-refractivity contribution < 1.29 is 28.9 Å². The quantitative estimate of drug-likeness (QED) is 0.171. The van der Waals surface area contributed by atoms with Crippen LogP contribution >= 0.6 is 22.9 Å². The smallest absolute Gasteiger partial charge is 0.301 e. The zero-order chi connectivity index (χ0) is 27.1. The lowest BCUT2D eigenvalue weighted by Gasteiger charge is -2.23.